The summed E-state index contributed by atoms with van der Waals surface area (Å²) in [4.78, 5) is 18.0. The first-order chi connectivity index (χ1) is 8.78. The van der Waals surface area contributed by atoms with E-state index in [9.17, 15) is 4.79 Å². The fourth-order valence-corrected chi connectivity index (χ4v) is 2.65. The van der Waals surface area contributed by atoms with E-state index in [-0.39, 0.29) is 0 Å². The van der Waals surface area contributed by atoms with Gasteiger partial charge in [-0.2, -0.15) is 0 Å². The summed E-state index contributed by atoms with van der Waals surface area (Å²) < 4.78 is 1.89. The highest BCUT2D eigenvalue weighted by Crippen LogP contribution is 2.27. The zero-order valence-electron chi connectivity index (χ0n) is 10.5. The Morgan fingerprint density at radius 2 is 2.11 bits per heavy atom. The quantitative estimate of drug-likeness (QED) is 0.757. The summed E-state index contributed by atoms with van der Waals surface area (Å²) in [6.45, 7) is 2.25. The van der Waals surface area contributed by atoms with Gasteiger partial charge in [0.15, 0.2) is 6.29 Å². The molecule has 3 heterocycles. The molecule has 1 fully saturated rings. The summed E-state index contributed by atoms with van der Waals surface area (Å²) in [6.07, 6.45) is 5.20. The molecular weight excluding hydrogens is 226 g/mol. The fourth-order valence-electron chi connectivity index (χ4n) is 2.65. The number of rotatable bonds is 2. The lowest BCUT2D eigenvalue weighted by Gasteiger charge is -2.27. The van der Waals surface area contributed by atoms with Crippen LogP contribution in [-0.4, -0.2) is 40.7 Å². The van der Waals surface area contributed by atoms with E-state index >= 15 is 0 Å². The minimum Gasteiger partial charge on any atom is -0.306 e. The third kappa shape index (κ3) is 1.93. The summed E-state index contributed by atoms with van der Waals surface area (Å²) in [5.41, 5.74) is 2.66. The van der Waals surface area contributed by atoms with Crippen LogP contribution < -0.4 is 0 Å². The lowest BCUT2D eigenvalue weighted by molar-refractivity contribution is 0.111. The molecule has 4 nitrogen and oxygen atoms in total. The molecule has 0 N–H and O–H groups in total. The molecule has 1 saturated heterocycles. The first kappa shape index (κ1) is 11.4. The average molecular weight is 243 g/mol. The van der Waals surface area contributed by atoms with Crippen LogP contribution in [0.3, 0.4) is 0 Å². The van der Waals surface area contributed by atoms with Gasteiger partial charge in [-0.3, -0.25) is 9.20 Å². The molecule has 3 rings (SSSR count). The predicted molar refractivity (Wildman–Crippen MR) is 70.1 cm³/mol. The third-order valence-electron chi connectivity index (χ3n) is 3.80. The number of carbonyl (C=O) groups excluding carboxylic acids is 1. The molecule has 0 amide bonds. The smallest absolute Gasteiger partial charge is 0.166 e. The van der Waals surface area contributed by atoms with Crippen LogP contribution in [0.2, 0.25) is 0 Å². The van der Waals surface area contributed by atoms with Gasteiger partial charge in [0, 0.05) is 12.1 Å². The maximum absolute atomic E-state index is 11.0. The number of likely N-dealkylation sites (tertiary alicyclic amines) is 1. The normalized spacial score (nSPS) is 18.3. The van der Waals surface area contributed by atoms with Crippen molar-refractivity contribution in [1.82, 2.24) is 14.3 Å². The lowest BCUT2D eigenvalue weighted by atomic mass is 9.94. The number of aromatic nitrogens is 2. The Morgan fingerprint density at radius 3 is 2.83 bits per heavy atom. The topological polar surface area (TPSA) is 37.6 Å². The van der Waals surface area contributed by atoms with Crippen LogP contribution in [0, 0.1) is 0 Å². The molecule has 2 aromatic heterocycles. The molecule has 4 heteroatoms. The number of imidazole rings is 1. The number of fused-ring (bicyclic) bond motifs is 1. The molecule has 1 aliphatic rings. The number of nitrogens with zero attached hydrogens (tertiary/aromatic N) is 3. The van der Waals surface area contributed by atoms with Crippen molar-refractivity contribution in [2.75, 3.05) is 20.1 Å². The summed E-state index contributed by atoms with van der Waals surface area (Å²) in [7, 11) is 2.16. The number of hydrogen-bond donors (Lipinski definition) is 0. The number of carbonyl (C=O) groups is 1. The highest BCUT2D eigenvalue weighted by atomic mass is 16.1. The molecule has 0 saturated carbocycles. The monoisotopic (exact) mass is 243 g/mol. The average Bonchev–Trinajstić information content (AvgIpc) is 2.83. The van der Waals surface area contributed by atoms with Crippen molar-refractivity contribution in [3.05, 3.63) is 35.8 Å². The van der Waals surface area contributed by atoms with Crippen LogP contribution in [-0.2, 0) is 0 Å². The Balaban J connectivity index is 1.96. The minimum atomic E-state index is 0.528. The number of hydrogen-bond acceptors (Lipinski definition) is 3. The summed E-state index contributed by atoms with van der Waals surface area (Å²) in [6, 6.07) is 5.65. The Morgan fingerprint density at radius 1 is 1.33 bits per heavy atom. The van der Waals surface area contributed by atoms with Crippen LogP contribution in [0.25, 0.3) is 5.65 Å². The summed E-state index contributed by atoms with van der Waals surface area (Å²) >= 11 is 0. The number of piperidine rings is 1. The van der Waals surface area contributed by atoms with Crippen LogP contribution in [0.1, 0.15) is 34.9 Å². The second-order valence-electron chi connectivity index (χ2n) is 5.04. The largest absolute Gasteiger partial charge is 0.306 e. The van der Waals surface area contributed by atoms with E-state index in [0.29, 0.717) is 11.6 Å². The Bertz CT molecular complexity index is 567. The van der Waals surface area contributed by atoms with Gasteiger partial charge < -0.3 is 4.90 Å². The highest BCUT2D eigenvalue weighted by molar-refractivity contribution is 5.73. The molecule has 2 aromatic rings. The first-order valence-corrected chi connectivity index (χ1v) is 6.39. The van der Waals surface area contributed by atoms with Gasteiger partial charge in [0.05, 0.1) is 11.4 Å². The SMILES string of the molecule is CN1CCC(c2cn3c(C=O)cccc3n2)CC1. The van der Waals surface area contributed by atoms with Crippen molar-refractivity contribution in [1.29, 1.82) is 0 Å². The van der Waals surface area contributed by atoms with Gasteiger partial charge >= 0.3 is 0 Å². The van der Waals surface area contributed by atoms with E-state index < -0.39 is 0 Å². The molecule has 0 radical (unpaired) electrons. The molecule has 0 atom stereocenters. The van der Waals surface area contributed by atoms with Gasteiger partial charge in [-0.15, -0.1) is 0 Å². The molecule has 18 heavy (non-hydrogen) atoms. The molecular formula is C14H17N3O. The zero-order valence-corrected chi connectivity index (χ0v) is 10.5. The lowest BCUT2D eigenvalue weighted by Crippen LogP contribution is -2.29. The van der Waals surface area contributed by atoms with Crippen molar-refractivity contribution in [2.45, 2.75) is 18.8 Å². The maximum Gasteiger partial charge on any atom is 0.166 e. The Labute approximate surface area is 106 Å². The second-order valence-corrected chi connectivity index (χ2v) is 5.04. The molecule has 0 aliphatic carbocycles. The standard InChI is InChI=1S/C14H17N3O/c1-16-7-5-11(6-8-16)13-9-17-12(10-18)3-2-4-14(17)15-13/h2-4,9-11H,5-8H2,1H3. The van der Waals surface area contributed by atoms with Crippen LogP contribution in [0.4, 0.5) is 0 Å². The molecule has 94 valence electrons. The zero-order chi connectivity index (χ0) is 12.5. The third-order valence-corrected chi connectivity index (χ3v) is 3.80. The molecule has 0 unspecified atom stereocenters. The van der Waals surface area contributed by atoms with Crippen molar-refractivity contribution in [2.24, 2.45) is 0 Å². The summed E-state index contributed by atoms with van der Waals surface area (Å²) in [5, 5.41) is 0. The van der Waals surface area contributed by atoms with Gasteiger partial charge in [-0.05, 0) is 45.1 Å². The van der Waals surface area contributed by atoms with Gasteiger partial charge in [-0.1, -0.05) is 6.07 Å². The van der Waals surface area contributed by atoms with Crippen LogP contribution >= 0.6 is 0 Å². The maximum atomic E-state index is 11.0. The Hall–Kier alpha value is -1.68. The van der Waals surface area contributed by atoms with E-state index in [2.05, 4.69) is 16.9 Å². The van der Waals surface area contributed by atoms with Gasteiger partial charge in [0.1, 0.15) is 5.65 Å². The number of pyridine rings is 1. The predicted octanol–water partition coefficient (Wildman–Crippen LogP) is 1.96. The van der Waals surface area contributed by atoms with Gasteiger partial charge in [-0.25, -0.2) is 4.98 Å². The fraction of sp³-hybridized carbons (Fsp3) is 0.429. The first-order valence-electron chi connectivity index (χ1n) is 6.39. The van der Waals surface area contributed by atoms with Crippen molar-refractivity contribution >= 4 is 11.9 Å². The van der Waals surface area contributed by atoms with Crippen LogP contribution in [0.5, 0.6) is 0 Å². The molecule has 1 aliphatic heterocycles. The van der Waals surface area contributed by atoms with Crippen LogP contribution in [0.15, 0.2) is 24.4 Å². The van der Waals surface area contributed by atoms with Gasteiger partial charge in [0.2, 0.25) is 0 Å². The van der Waals surface area contributed by atoms with Crippen molar-refractivity contribution < 1.29 is 4.79 Å². The summed E-state index contributed by atoms with van der Waals surface area (Å²) in [5.74, 6) is 0.528. The molecule has 0 aromatic carbocycles. The Kier molecular flexibility index (Phi) is 2.88. The van der Waals surface area contributed by atoms with Gasteiger partial charge in [0.25, 0.3) is 0 Å². The van der Waals surface area contributed by atoms with Crippen molar-refractivity contribution in [3.8, 4) is 0 Å². The van der Waals surface area contributed by atoms with E-state index in [1.165, 1.54) is 0 Å². The second kappa shape index (κ2) is 4.53. The minimum absolute atomic E-state index is 0.528. The highest BCUT2D eigenvalue weighted by Gasteiger charge is 2.21. The van der Waals surface area contributed by atoms with E-state index in [0.717, 1.165) is 43.6 Å². The molecule has 0 spiro atoms. The number of aldehydes is 1. The van der Waals surface area contributed by atoms with Crippen molar-refractivity contribution in [3.63, 3.8) is 0 Å². The van der Waals surface area contributed by atoms with E-state index in [1.807, 2.05) is 28.8 Å². The van der Waals surface area contributed by atoms with E-state index in [1.54, 1.807) is 0 Å². The van der Waals surface area contributed by atoms with E-state index in [4.69, 9.17) is 0 Å². The molecule has 0 bridgehead atoms.